The van der Waals surface area contributed by atoms with Crippen molar-refractivity contribution < 1.29 is 19.1 Å². The number of amides is 2. The van der Waals surface area contributed by atoms with Crippen LogP contribution in [0.1, 0.15) is 32.3 Å². The second-order valence-corrected chi connectivity index (χ2v) is 9.28. The van der Waals surface area contributed by atoms with Gasteiger partial charge in [0.15, 0.2) is 11.5 Å². The first-order chi connectivity index (χ1) is 13.9. The fourth-order valence-electron chi connectivity index (χ4n) is 4.36. The van der Waals surface area contributed by atoms with Gasteiger partial charge in [0.05, 0.1) is 35.7 Å². The molecule has 0 radical (unpaired) electrons. The minimum absolute atomic E-state index is 0.0230. The molecule has 1 aromatic rings. The Morgan fingerprint density at radius 1 is 1.21 bits per heavy atom. The fraction of sp³-hybridized carbons (Fsp3) is 0.476. The van der Waals surface area contributed by atoms with Gasteiger partial charge in [-0.2, -0.15) is 10.1 Å². The van der Waals surface area contributed by atoms with E-state index in [-0.39, 0.29) is 41.6 Å². The van der Waals surface area contributed by atoms with Crippen LogP contribution in [-0.4, -0.2) is 36.3 Å². The van der Waals surface area contributed by atoms with Crippen molar-refractivity contribution in [2.75, 3.05) is 7.11 Å². The lowest BCUT2D eigenvalue weighted by Crippen LogP contribution is -2.28. The summed E-state index contributed by atoms with van der Waals surface area (Å²) in [5, 5.41) is 5.29. The predicted octanol–water partition coefficient (Wildman–Crippen LogP) is 4.54. The average Bonchev–Trinajstić information content (AvgIpc) is 3.39. The number of rotatable bonds is 6. The summed E-state index contributed by atoms with van der Waals surface area (Å²) in [5.74, 6) is 0.547. The van der Waals surface area contributed by atoms with Crippen molar-refractivity contribution in [3.8, 4) is 11.5 Å². The Morgan fingerprint density at radius 2 is 1.83 bits per heavy atom. The number of ether oxygens (including phenoxy) is 2. The van der Waals surface area contributed by atoms with Crippen LogP contribution in [0.3, 0.4) is 0 Å². The molecule has 2 amide bonds. The zero-order valence-electron chi connectivity index (χ0n) is 16.4. The molecule has 0 N–H and O–H groups in total. The number of allylic oxidation sites excluding steroid dienone is 2. The maximum Gasteiger partial charge on any atom is 0.254 e. The van der Waals surface area contributed by atoms with Crippen molar-refractivity contribution in [1.82, 2.24) is 5.01 Å². The largest absolute Gasteiger partial charge is 0.493 e. The molecule has 1 saturated carbocycles. The number of hydrogen-bond acceptors (Lipinski definition) is 5. The van der Waals surface area contributed by atoms with E-state index in [0.29, 0.717) is 26.0 Å². The van der Waals surface area contributed by atoms with E-state index >= 15 is 0 Å². The van der Waals surface area contributed by atoms with Gasteiger partial charge in [0.25, 0.3) is 11.8 Å². The topological polar surface area (TPSA) is 68.2 Å². The molecule has 2 bridgehead atoms. The van der Waals surface area contributed by atoms with E-state index in [1.54, 1.807) is 13.2 Å². The SMILES string of the molecule is CC[C@@H](C)Oc1c(OC)cc(C=NN2C(=O)[C@@H]3[C@H](C2=O)[C@H]2C=C[C@H]3C2)c(Br)c1Br. The van der Waals surface area contributed by atoms with Crippen molar-refractivity contribution in [1.29, 1.82) is 0 Å². The van der Waals surface area contributed by atoms with Crippen molar-refractivity contribution in [3.63, 3.8) is 0 Å². The highest BCUT2D eigenvalue weighted by Gasteiger charge is 2.59. The van der Waals surface area contributed by atoms with Gasteiger partial charge in [-0.1, -0.05) is 19.1 Å². The summed E-state index contributed by atoms with van der Waals surface area (Å²) in [5.41, 5.74) is 0.670. The van der Waals surface area contributed by atoms with Crippen LogP contribution in [0.4, 0.5) is 0 Å². The van der Waals surface area contributed by atoms with Gasteiger partial charge >= 0.3 is 0 Å². The first-order valence-corrected chi connectivity index (χ1v) is 11.3. The molecule has 3 aliphatic rings. The molecule has 0 spiro atoms. The van der Waals surface area contributed by atoms with E-state index < -0.39 is 0 Å². The number of carbonyl (C=O) groups excluding carboxylic acids is 2. The van der Waals surface area contributed by atoms with Gasteiger partial charge in [0.2, 0.25) is 0 Å². The lowest BCUT2D eigenvalue weighted by molar-refractivity contribution is -0.140. The number of carbonyl (C=O) groups is 2. The molecule has 8 heteroatoms. The third kappa shape index (κ3) is 3.34. The Morgan fingerprint density at radius 3 is 2.38 bits per heavy atom. The third-order valence-corrected chi connectivity index (χ3v) is 8.17. The Hall–Kier alpha value is -1.67. The highest BCUT2D eigenvalue weighted by molar-refractivity contribution is 9.13. The summed E-state index contributed by atoms with van der Waals surface area (Å²) >= 11 is 7.10. The van der Waals surface area contributed by atoms with Crippen LogP contribution in [-0.2, 0) is 9.59 Å². The summed E-state index contributed by atoms with van der Waals surface area (Å²) in [4.78, 5) is 25.6. The molecule has 0 unspecified atom stereocenters. The molecule has 0 aromatic heterocycles. The number of nitrogens with zero attached hydrogens (tertiary/aromatic N) is 2. The molecule has 2 aliphatic carbocycles. The fourth-order valence-corrected chi connectivity index (χ4v) is 5.28. The second-order valence-electron chi connectivity index (χ2n) is 7.69. The third-order valence-electron chi connectivity index (χ3n) is 6.03. The number of hydrazone groups is 1. The number of benzene rings is 1. The van der Waals surface area contributed by atoms with Crippen LogP contribution >= 0.6 is 31.9 Å². The van der Waals surface area contributed by atoms with Crippen molar-refractivity contribution in [3.05, 3.63) is 32.7 Å². The number of methoxy groups -OCH3 is 1. The Bertz CT molecular complexity index is 900. The standard InChI is InChI=1S/C21H22Br2N2O4/c1-4-10(2)29-19-14(28-3)8-13(17(22)18(19)23)9-24-25-20(26)15-11-5-6-12(7-11)16(15)21(25)27/h5-6,8-12,15-16H,4,7H2,1-3H3/t10-,11+,12+,15-,16+/m1/s1. The van der Waals surface area contributed by atoms with E-state index in [4.69, 9.17) is 9.47 Å². The molecule has 1 aromatic carbocycles. The number of fused-ring (bicyclic) bond motifs is 5. The molecule has 4 rings (SSSR count). The smallest absolute Gasteiger partial charge is 0.254 e. The first kappa shape index (κ1) is 20.6. The highest BCUT2D eigenvalue weighted by Crippen LogP contribution is 2.52. The number of imide groups is 1. The molecule has 2 fully saturated rings. The molecule has 1 aliphatic heterocycles. The molecular weight excluding hydrogens is 504 g/mol. The lowest BCUT2D eigenvalue weighted by Gasteiger charge is -2.19. The lowest BCUT2D eigenvalue weighted by atomic mass is 9.85. The molecule has 154 valence electrons. The molecule has 29 heavy (non-hydrogen) atoms. The monoisotopic (exact) mass is 524 g/mol. The van der Waals surface area contributed by atoms with E-state index in [2.05, 4.69) is 49.1 Å². The van der Waals surface area contributed by atoms with Gasteiger partial charge in [-0.15, -0.1) is 0 Å². The van der Waals surface area contributed by atoms with Crippen LogP contribution in [0.5, 0.6) is 11.5 Å². The van der Waals surface area contributed by atoms with E-state index in [1.807, 2.05) is 13.8 Å². The maximum atomic E-state index is 12.8. The number of halogens is 2. The van der Waals surface area contributed by atoms with E-state index in [1.165, 1.54) is 6.21 Å². The zero-order chi connectivity index (χ0) is 20.9. The van der Waals surface area contributed by atoms with Gasteiger partial charge in [-0.3, -0.25) is 9.59 Å². The Balaban J connectivity index is 1.61. The quantitative estimate of drug-likeness (QED) is 0.310. The molecule has 6 nitrogen and oxygen atoms in total. The predicted molar refractivity (Wildman–Crippen MR) is 116 cm³/mol. The Labute approximate surface area is 186 Å². The van der Waals surface area contributed by atoms with Crippen LogP contribution in [0, 0.1) is 23.7 Å². The molecular formula is C21H22Br2N2O4. The zero-order valence-corrected chi connectivity index (χ0v) is 19.6. The van der Waals surface area contributed by atoms with Crippen LogP contribution in [0.15, 0.2) is 32.3 Å². The molecule has 5 atom stereocenters. The summed E-state index contributed by atoms with van der Waals surface area (Å²) in [6.45, 7) is 4.03. The minimum atomic E-state index is -0.259. The van der Waals surface area contributed by atoms with Crippen molar-refractivity contribution in [2.45, 2.75) is 32.8 Å². The molecule has 1 saturated heterocycles. The highest BCUT2D eigenvalue weighted by atomic mass is 79.9. The van der Waals surface area contributed by atoms with Crippen molar-refractivity contribution in [2.24, 2.45) is 28.8 Å². The van der Waals surface area contributed by atoms with Crippen LogP contribution in [0.2, 0.25) is 0 Å². The van der Waals surface area contributed by atoms with Gasteiger partial charge in [0, 0.05) is 10.0 Å². The second kappa shape index (κ2) is 7.87. The van der Waals surface area contributed by atoms with Crippen LogP contribution in [0.25, 0.3) is 0 Å². The van der Waals surface area contributed by atoms with Gasteiger partial charge < -0.3 is 9.47 Å². The van der Waals surface area contributed by atoms with Crippen molar-refractivity contribution >= 4 is 49.9 Å². The number of hydrogen-bond donors (Lipinski definition) is 0. The van der Waals surface area contributed by atoms with E-state index in [9.17, 15) is 9.59 Å². The maximum absolute atomic E-state index is 12.8. The first-order valence-electron chi connectivity index (χ1n) is 9.70. The van der Waals surface area contributed by atoms with Gasteiger partial charge in [-0.05, 0) is 69.5 Å². The summed E-state index contributed by atoms with van der Waals surface area (Å²) < 4.78 is 12.9. The minimum Gasteiger partial charge on any atom is -0.493 e. The van der Waals surface area contributed by atoms with Gasteiger partial charge in [-0.25, -0.2) is 0 Å². The molecule has 1 heterocycles. The summed E-state index contributed by atoms with van der Waals surface area (Å²) in [6.07, 6.45) is 7.43. The van der Waals surface area contributed by atoms with E-state index in [0.717, 1.165) is 17.9 Å². The normalized spacial score (nSPS) is 28.5. The van der Waals surface area contributed by atoms with Gasteiger partial charge in [0.1, 0.15) is 0 Å². The summed E-state index contributed by atoms with van der Waals surface area (Å²) in [6, 6.07) is 1.77. The van der Waals surface area contributed by atoms with Crippen LogP contribution < -0.4 is 9.47 Å². The average molecular weight is 526 g/mol. The summed E-state index contributed by atoms with van der Waals surface area (Å²) in [7, 11) is 1.57. The Kier molecular flexibility index (Phi) is 5.59.